The van der Waals surface area contributed by atoms with Gasteiger partial charge in [-0.2, -0.15) is 0 Å². The fourth-order valence-electron chi connectivity index (χ4n) is 2.66. The van der Waals surface area contributed by atoms with Gasteiger partial charge in [0.15, 0.2) is 0 Å². The van der Waals surface area contributed by atoms with Crippen LogP contribution in [0.25, 0.3) is 10.9 Å². The third kappa shape index (κ3) is 4.91. The number of hydrogen-bond acceptors (Lipinski definition) is 4. The van der Waals surface area contributed by atoms with Crippen LogP contribution in [-0.2, 0) is 11.3 Å². The van der Waals surface area contributed by atoms with Gasteiger partial charge in [0, 0.05) is 13.5 Å². The number of benzene rings is 2. The van der Waals surface area contributed by atoms with Crippen molar-refractivity contribution in [1.82, 2.24) is 14.9 Å². The smallest absolute Gasteiger partial charge is 0.258 e. The Morgan fingerprint density at radius 1 is 1.19 bits per heavy atom. The molecule has 0 radical (unpaired) electrons. The second-order valence-corrected chi connectivity index (χ2v) is 6.19. The van der Waals surface area contributed by atoms with E-state index in [1.54, 1.807) is 37.4 Å². The summed E-state index contributed by atoms with van der Waals surface area (Å²) < 4.78 is 18.3. The van der Waals surface area contributed by atoms with Crippen molar-refractivity contribution in [3.05, 3.63) is 70.5 Å². The summed E-state index contributed by atoms with van der Waals surface area (Å²) >= 11 is 0. The molecule has 140 valence electrons. The molecule has 0 aliphatic carbocycles. The molecule has 1 heterocycles. The Morgan fingerprint density at radius 2 is 1.93 bits per heavy atom. The molecule has 2 aromatic carbocycles. The third-order valence-corrected chi connectivity index (χ3v) is 4.09. The SMILES string of the molecule is CN(Cc1nc2ccccc2c(=O)[nH]1)C(=O)CCCOc1ccc(F)cc1. The van der Waals surface area contributed by atoms with Gasteiger partial charge in [-0.15, -0.1) is 0 Å². The van der Waals surface area contributed by atoms with Gasteiger partial charge in [-0.05, 0) is 42.8 Å². The van der Waals surface area contributed by atoms with E-state index in [1.807, 2.05) is 6.07 Å². The van der Waals surface area contributed by atoms with Crippen LogP contribution in [0.5, 0.6) is 5.75 Å². The van der Waals surface area contributed by atoms with Gasteiger partial charge in [0.1, 0.15) is 17.4 Å². The van der Waals surface area contributed by atoms with Gasteiger partial charge in [-0.3, -0.25) is 9.59 Å². The molecule has 3 aromatic rings. The Balaban J connectivity index is 1.50. The van der Waals surface area contributed by atoms with E-state index in [-0.39, 0.29) is 23.8 Å². The van der Waals surface area contributed by atoms with E-state index in [0.717, 1.165) is 0 Å². The van der Waals surface area contributed by atoms with Crippen LogP contribution in [0.15, 0.2) is 53.3 Å². The first-order chi connectivity index (χ1) is 13.0. The number of aromatic amines is 1. The van der Waals surface area contributed by atoms with Crippen molar-refractivity contribution in [2.24, 2.45) is 0 Å². The summed E-state index contributed by atoms with van der Waals surface area (Å²) in [5.74, 6) is 0.611. The fourth-order valence-corrected chi connectivity index (χ4v) is 2.66. The number of nitrogens with one attached hydrogen (secondary N) is 1. The Hall–Kier alpha value is -3.22. The Labute approximate surface area is 155 Å². The number of amides is 1. The molecule has 0 saturated carbocycles. The van der Waals surface area contributed by atoms with Crippen LogP contribution in [-0.4, -0.2) is 34.4 Å². The number of halogens is 1. The zero-order valence-electron chi connectivity index (χ0n) is 14.9. The van der Waals surface area contributed by atoms with E-state index in [4.69, 9.17) is 4.74 Å². The maximum Gasteiger partial charge on any atom is 0.258 e. The van der Waals surface area contributed by atoms with Crippen LogP contribution in [0.4, 0.5) is 4.39 Å². The quantitative estimate of drug-likeness (QED) is 0.650. The Morgan fingerprint density at radius 3 is 2.70 bits per heavy atom. The highest BCUT2D eigenvalue weighted by atomic mass is 19.1. The predicted octanol–water partition coefficient (Wildman–Crippen LogP) is 2.88. The molecule has 7 heteroatoms. The van der Waals surface area contributed by atoms with Gasteiger partial charge in [0.05, 0.1) is 24.1 Å². The van der Waals surface area contributed by atoms with Gasteiger partial charge in [-0.25, -0.2) is 9.37 Å². The topological polar surface area (TPSA) is 75.3 Å². The molecule has 0 atom stereocenters. The summed E-state index contributed by atoms with van der Waals surface area (Å²) in [6.45, 7) is 0.577. The van der Waals surface area contributed by atoms with E-state index in [9.17, 15) is 14.0 Å². The van der Waals surface area contributed by atoms with E-state index in [0.29, 0.717) is 41.9 Å². The summed E-state index contributed by atoms with van der Waals surface area (Å²) in [4.78, 5) is 33.0. The van der Waals surface area contributed by atoms with Gasteiger partial charge in [0.2, 0.25) is 5.91 Å². The third-order valence-electron chi connectivity index (χ3n) is 4.09. The number of fused-ring (bicyclic) bond motifs is 1. The molecule has 3 rings (SSSR count). The lowest BCUT2D eigenvalue weighted by molar-refractivity contribution is -0.130. The molecule has 1 aromatic heterocycles. The summed E-state index contributed by atoms with van der Waals surface area (Å²) in [6.07, 6.45) is 0.831. The largest absolute Gasteiger partial charge is 0.494 e. The second-order valence-electron chi connectivity index (χ2n) is 6.19. The molecular formula is C20H20FN3O3. The fraction of sp³-hybridized carbons (Fsp3) is 0.250. The van der Waals surface area contributed by atoms with Crippen molar-refractivity contribution in [3.63, 3.8) is 0 Å². The first-order valence-corrected chi connectivity index (χ1v) is 8.63. The van der Waals surface area contributed by atoms with Crippen molar-refractivity contribution >= 4 is 16.8 Å². The zero-order valence-corrected chi connectivity index (χ0v) is 14.9. The zero-order chi connectivity index (χ0) is 19.2. The number of carbonyl (C=O) groups is 1. The predicted molar refractivity (Wildman–Crippen MR) is 100.0 cm³/mol. The first kappa shape index (κ1) is 18.6. The standard InChI is InChI=1S/C20H20FN3O3/c1-24(13-18-22-17-6-3-2-5-16(17)20(26)23-18)19(25)7-4-12-27-15-10-8-14(21)9-11-15/h2-3,5-6,8-11H,4,7,12-13H2,1H3,(H,22,23,26). The second kappa shape index (κ2) is 8.44. The monoisotopic (exact) mass is 369 g/mol. The van der Waals surface area contributed by atoms with Gasteiger partial charge in [0.25, 0.3) is 5.56 Å². The number of ether oxygens (including phenoxy) is 1. The summed E-state index contributed by atoms with van der Waals surface area (Å²) in [7, 11) is 1.67. The molecular weight excluding hydrogens is 349 g/mol. The van der Waals surface area contributed by atoms with Crippen LogP contribution in [0.3, 0.4) is 0 Å². The van der Waals surface area contributed by atoms with Crippen LogP contribution >= 0.6 is 0 Å². The minimum absolute atomic E-state index is 0.0755. The highest BCUT2D eigenvalue weighted by Crippen LogP contribution is 2.12. The minimum Gasteiger partial charge on any atom is -0.494 e. The molecule has 6 nitrogen and oxygen atoms in total. The lowest BCUT2D eigenvalue weighted by Gasteiger charge is -2.16. The molecule has 1 amide bonds. The Bertz CT molecular complexity index is 986. The normalized spacial score (nSPS) is 10.7. The van der Waals surface area contributed by atoms with Crippen molar-refractivity contribution < 1.29 is 13.9 Å². The number of aromatic nitrogens is 2. The minimum atomic E-state index is -0.320. The average molecular weight is 369 g/mol. The lowest BCUT2D eigenvalue weighted by atomic mass is 10.2. The maximum absolute atomic E-state index is 12.8. The van der Waals surface area contributed by atoms with Crippen LogP contribution in [0.1, 0.15) is 18.7 Å². The molecule has 0 aliphatic rings. The van der Waals surface area contributed by atoms with Crippen LogP contribution < -0.4 is 10.3 Å². The lowest BCUT2D eigenvalue weighted by Crippen LogP contribution is -2.28. The van der Waals surface area contributed by atoms with Gasteiger partial charge >= 0.3 is 0 Å². The molecule has 0 unspecified atom stereocenters. The summed E-state index contributed by atoms with van der Waals surface area (Å²) in [6, 6.07) is 12.8. The number of rotatable bonds is 7. The summed E-state index contributed by atoms with van der Waals surface area (Å²) in [5.41, 5.74) is 0.383. The highest BCUT2D eigenvalue weighted by Gasteiger charge is 2.12. The van der Waals surface area contributed by atoms with Crippen LogP contribution in [0.2, 0.25) is 0 Å². The molecule has 1 N–H and O–H groups in total. The average Bonchev–Trinajstić information content (AvgIpc) is 2.66. The molecule has 0 aliphatic heterocycles. The number of H-pyrrole nitrogens is 1. The van der Waals surface area contributed by atoms with Crippen LogP contribution in [0, 0.1) is 5.82 Å². The van der Waals surface area contributed by atoms with Gasteiger partial charge in [-0.1, -0.05) is 12.1 Å². The Kier molecular flexibility index (Phi) is 5.80. The van der Waals surface area contributed by atoms with Crippen molar-refractivity contribution in [3.8, 4) is 5.75 Å². The van der Waals surface area contributed by atoms with Crippen molar-refractivity contribution in [2.45, 2.75) is 19.4 Å². The molecule has 0 fully saturated rings. The molecule has 0 spiro atoms. The molecule has 0 saturated heterocycles. The summed E-state index contributed by atoms with van der Waals surface area (Å²) in [5, 5.41) is 0.521. The number of nitrogens with zero attached hydrogens (tertiary/aromatic N) is 2. The van der Waals surface area contributed by atoms with Crippen molar-refractivity contribution in [1.29, 1.82) is 0 Å². The molecule has 0 bridgehead atoms. The van der Waals surface area contributed by atoms with Crippen molar-refractivity contribution in [2.75, 3.05) is 13.7 Å². The number of hydrogen-bond donors (Lipinski definition) is 1. The molecule has 27 heavy (non-hydrogen) atoms. The highest BCUT2D eigenvalue weighted by molar-refractivity contribution is 5.77. The first-order valence-electron chi connectivity index (χ1n) is 8.63. The maximum atomic E-state index is 12.8. The van der Waals surface area contributed by atoms with E-state index in [1.165, 1.54) is 17.0 Å². The number of para-hydroxylation sites is 1. The van der Waals surface area contributed by atoms with Gasteiger partial charge < -0.3 is 14.6 Å². The number of carbonyl (C=O) groups excluding carboxylic acids is 1. The van der Waals surface area contributed by atoms with E-state index in [2.05, 4.69) is 9.97 Å². The van der Waals surface area contributed by atoms with E-state index >= 15 is 0 Å². The van der Waals surface area contributed by atoms with E-state index < -0.39 is 0 Å².